The van der Waals surface area contributed by atoms with Crippen molar-refractivity contribution in [1.29, 1.82) is 0 Å². The fourth-order valence-corrected chi connectivity index (χ4v) is 7.55. The summed E-state index contributed by atoms with van der Waals surface area (Å²) in [5.74, 6) is -1.78. The number of nitro groups is 1. The molecule has 6 atom stereocenters. The molecule has 1 saturated carbocycles. The van der Waals surface area contributed by atoms with E-state index in [2.05, 4.69) is 0 Å². The zero-order valence-electron chi connectivity index (χ0n) is 21.7. The van der Waals surface area contributed by atoms with E-state index in [0.717, 1.165) is 39.8 Å². The zero-order valence-corrected chi connectivity index (χ0v) is 21.7. The first-order valence-corrected chi connectivity index (χ1v) is 13.1. The Morgan fingerprint density at radius 3 is 2.16 bits per heavy atom. The van der Waals surface area contributed by atoms with Gasteiger partial charge < -0.3 is 4.90 Å². The van der Waals surface area contributed by atoms with E-state index in [-0.39, 0.29) is 22.7 Å². The van der Waals surface area contributed by atoms with Gasteiger partial charge in [0.1, 0.15) is 6.29 Å². The van der Waals surface area contributed by atoms with Crippen LogP contribution in [0.2, 0.25) is 0 Å². The predicted molar refractivity (Wildman–Crippen MR) is 146 cm³/mol. The highest BCUT2D eigenvalue weighted by Crippen LogP contribution is 2.65. The summed E-state index contributed by atoms with van der Waals surface area (Å²) in [5, 5.41) is 12.9. The Morgan fingerprint density at radius 2 is 1.55 bits per heavy atom. The number of carbonyl (C=O) groups excluding carboxylic acids is 2. The third kappa shape index (κ3) is 3.32. The van der Waals surface area contributed by atoms with Crippen molar-refractivity contribution in [1.82, 2.24) is 0 Å². The zero-order chi connectivity index (χ0) is 26.8. The standard InChI is InChI=1S/C32H30N2O4/c1-19-8-12-21(13-9-19)28-23(18-35)16-24-25(30(28)34(37)38)17-32(29(24)22-14-10-20(2)11-15-22)26-6-4-5-7-27(26)33(3)31(32)36/h4-16,18,24-25,28-30H,17H2,1-3H3/t24-,25+,28+,29+,30+,32-/m0/s1. The molecule has 1 heterocycles. The molecule has 1 amide bonds. The van der Waals surface area contributed by atoms with Crippen molar-refractivity contribution in [3.63, 3.8) is 0 Å². The lowest BCUT2D eigenvalue weighted by Gasteiger charge is -2.36. The van der Waals surface area contributed by atoms with Crippen LogP contribution in [0.15, 0.2) is 84.4 Å². The Balaban J connectivity index is 1.61. The number of allylic oxidation sites excluding steroid dienone is 1. The number of fused-ring (bicyclic) bond motifs is 3. The van der Waals surface area contributed by atoms with Crippen LogP contribution in [0, 0.1) is 35.8 Å². The van der Waals surface area contributed by atoms with Crippen molar-refractivity contribution in [2.24, 2.45) is 11.8 Å². The number of aryl methyl sites for hydroxylation is 2. The van der Waals surface area contributed by atoms with Crippen LogP contribution in [0.5, 0.6) is 0 Å². The van der Waals surface area contributed by atoms with Crippen molar-refractivity contribution in [2.45, 2.75) is 43.6 Å². The summed E-state index contributed by atoms with van der Waals surface area (Å²) in [6, 6.07) is 22.6. The van der Waals surface area contributed by atoms with Crippen LogP contribution in [0.3, 0.4) is 0 Å². The molecule has 0 radical (unpaired) electrons. The highest BCUT2D eigenvalue weighted by Gasteiger charge is 2.67. The van der Waals surface area contributed by atoms with Gasteiger partial charge >= 0.3 is 0 Å². The molecule has 1 fully saturated rings. The molecular formula is C32H30N2O4. The lowest BCUT2D eigenvalue weighted by Crippen LogP contribution is -2.42. The van der Waals surface area contributed by atoms with Gasteiger partial charge in [-0.25, -0.2) is 0 Å². The monoisotopic (exact) mass is 506 g/mol. The molecule has 0 bridgehead atoms. The summed E-state index contributed by atoms with van der Waals surface area (Å²) < 4.78 is 0. The maximum Gasteiger partial charge on any atom is 0.238 e. The molecule has 0 aromatic heterocycles. The van der Waals surface area contributed by atoms with E-state index in [1.165, 1.54) is 0 Å². The van der Waals surface area contributed by atoms with Gasteiger partial charge in [-0.2, -0.15) is 0 Å². The molecule has 6 heteroatoms. The van der Waals surface area contributed by atoms with Gasteiger partial charge in [0.15, 0.2) is 0 Å². The molecule has 0 unspecified atom stereocenters. The lowest BCUT2D eigenvalue weighted by molar-refractivity contribution is -0.537. The maximum absolute atomic E-state index is 14.3. The number of carbonyl (C=O) groups is 2. The van der Waals surface area contributed by atoms with Gasteiger partial charge in [0.25, 0.3) is 0 Å². The highest BCUT2D eigenvalue weighted by molar-refractivity contribution is 6.09. The number of benzene rings is 3. The minimum atomic E-state index is -1.02. The van der Waals surface area contributed by atoms with Gasteiger partial charge in [-0.05, 0) is 48.9 Å². The summed E-state index contributed by atoms with van der Waals surface area (Å²) in [4.78, 5) is 41.1. The third-order valence-corrected chi connectivity index (χ3v) is 9.18. The van der Waals surface area contributed by atoms with Crippen LogP contribution in [-0.2, 0) is 15.0 Å². The molecular weight excluding hydrogens is 476 g/mol. The average Bonchev–Trinajstić information content (AvgIpc) is 3.36. The normalized spacial score (nSPS) is 29.7. The number of rotatable bonds is 4. The summed E-state index contributed by atoms with van der Waals surface area (Å²) in [6.07, 6.45) is 3.09. The molecule has 3 aromatic carbocycles. The molecule has 6 nitrogen and oxygen atoms in total. The molecule has 1 spiro atoms. The van der Waals surface area contributed by atoms with E-state index < -0.39 is 23.3 Å². The Morgan fingerprint density at radius 1 is 0.947 bits per heavy atom. The summed E-state index contributed by atoms with van der Waals surface area (Å²) in [5.41, 5.74) is 5.13. The number of hydrogen-bond donors (Lipinski definition) is 0. The molecule has 0 N–H and O–H groups in total. The fraction of sp³-hybridized carbons (Fsp3) is 0.312. The largest absolute Gasteiger partial charge is 0.314 e. The van der Waals surface area contributed by atoms with Gasteiger partial charge in [-0.15, -0.1) is 0 Å². The second-order valence-corrected chi connectivity index (χ2v) is 11.1. The van der Waals surface area contributed by atoms with E-state index in [4.69, 9.17) is 0 Å². The molecule has 2 aliphatic carbocycles. The van der Waals surface area contributed by atoms with Gasteiger partial charge in [0, 0.05) is 35.1 Å². The third-order valence-electron chi connectivity index (χ3n) is 9.18. The Labute approximate surface area is 222 Å². The van der Waals surface area contributed by atoms with Gasteiger partial charge in [-0.3, -0.25) is 19.7 Å². The maximum atomic E-state index is 14.3. The fourth-order valence-electron chi connectivity index (χ4n) is 7.55. The molecule has 192 valence electrons. The number of para-hydroxylation sites is 1. The topological polar surface area (TPSA) is 80.5 Å². The summed E-state index contributed by atoms with van der Waals surface area (Å²) in [7, 11) is 1.79. The van der Waals surface area contributed by atoms with E-state index in [9.17, 15) is 19.7 Å². The SMILES string of the molecule is Cc1ccc([C@@H]2[C@H]3C=C(C=O)[C@@H](c4ccc(C)cc4)[C@H]([N+](=O)[O-])[C@@H]3C[C@@]23C(=O)N(C)c2ccccc23)cc1. The van der Waals surface area contributed by atoms with Gasteiger partial charge in [-0.1, -0.05) is 83.9 Å². The summed E-state index contributed by atoms with van der Waals surface area (Å²) >= 11 is 0. The number of aldehydes is 1. The second-order valence-electron chi connectivity index (χ2n) is 11.1. The van der Waals surface area contributed by atoms with Crippen LogP contribution < -0.4 is 4.90 Å². The Bertz CT molecular complexity index is 1480. The van der Waals surface area contributed by atoms with Gasteiger partial charge in [0.05, 0.1) is 11.3 Å². The number of anilines is 1. The minimum Gasteiger partial charge on any atom is -0.314 e. The van der Waals surface area contributed by atoms with Crippen LogP contribution in [-0.4, -0.2) is 30.2 Å². The molecule has 0 saturated heterocycles. The Hall–Kier alpha value is -4.06. The van der Waals surface area contributed by atoms with E-state index in [0.29, 0.717) is 12.0 Å². The molecule has 3 aromatic rings. The number of nitrogens with zero attached hydrogens (tertiary/aromatic N) is 2. The van der Waals surface area contributed by atoms with Crippen LogP contribution >= 0.6 is 0 Å². The van der Waals surface area contributed by atoms with Crippen molar-refractivity contribution in [2.75, 3.05) is 11.9 Å². The van der Waals surface area contributed by atoms with Crippen molar-refractivity contribution in [3.8, 4) is 0 Å². The summed E-state index contributed by atoms with van der Waals surface area (Å²) in [6.45, 7) is 3.98. The molecule has 38 heavy (non-hydrogen) atoms. The molecule has 6 rings (SSSR count). The highest BCUT2D eigenvalue weighted by atomic mass is 16.6. The van der Waals surface area contributed by atoms with Crippen LogP contribution in [0.4, 0.5) is 5.69 Å². The predicted octanol–water partition coefficient (Wildman–Crippen LogP) is 5.51. The van der Waals surface area contributed by atoms with Crippen molar-refractivity contribution in [3.05, 3.63) is 122 Å². The first kappa shape index (κ1) is 24.3. The van der Waals surface area contributed by atoms with E-state index in [1.54, 1.807) is 11.9 Å². The number of likely N-dealkylation sites (N-methyl/N-ethyl adjacent to an activating group) is 1. The van der Waals surface area contributed by atoms with Crippen molar-refractivity contribution < 1.29 is 14.5 Å². The Kier molecular flexibility index (Phi) is 5.60. The number of amides is 1. The van der Waals surface area contributed by atoms with Crippen LogP contribution in [0.1, 0.15) is 46.1 Å². The smallest absolute Gasteiger partial charge is 0.238 e. The molecule has 3 aliphatic rings. The lowest BCUT2D eigenvalue weighted by atomic mass is 9.66. The second kappa shape index (κ2) is 8.76. The molecule has 1 aliphatic heterocycles. The quantitative estimate of drug-likeness (QED) is 0.266. The average molecular weight is 507 g/mol. The number of hydrogen-bond acceptors (Lipinski definition) is 4. The van der Waals surface area contributed by atoms with E-state index in [1.807, 2.05) is 92.7 Å². The van der Waals surface area contributed by atoms with Crippen LogP contribution in [0.25, 0.3) is 0 Å². The first-order chi connectivity index (χ1) is 18.3. The van der Waals surface area contributed by atoms with Crippen molar-refractivity contribution >= 4 is 17.9 Å². The minimum absolute atomic E-state index is 0.0336. The first-order valence-electron chi connectivity index (χ1n) is 13.1. The van der Waals surface area contributed by atoms with E-state index >= 15 is 0 Å². The van der Waals surface area contributed by atoms with Gasteiger partial charge in [0.2, 0.25) is 11.9 Å².